The van der Waals surface area contributed by atoms with Gasteiger partial charge in [-0.15, -0.1) is 12.4 Å². The lowest BCUT2D eigenvalue weighted by molar-refractivity contribution is 0.0679. The molecule has 0 fully saturated rings. The van der Waals surface area contributed by atoms with Gasteiger partial charge in [0.1, 0.15) is 5.75 Å². The van der Waals surface area contributed by atoms with E-state index in [9.17, 15) is 4.79 Å². The second-order valence-corrected chi connectivity index (χ2v) is 3.53. The van der Waals surface area contributed by atoms with Gasteiger partial charge in [0.2, 0.25) is 5.82 Å². The molecule has 1 heterocycles. The van der Waals surface area contributed by atoms with Gasteiger partial charge in [0.25, 0.3) is 0 Å². The van der Waals surface area contributed by atoms with Crippen LogP contribution in [0, 0.1) is 0 Å². The first-order valence-corrected chi connectivity index (χ1v) is 5.08. The average molecular weight is 269 g/mol. The Kier molecular flexibility index (Phi) is 4.74. The van der Waals surface area contributed by atoms with Crippen molar-refractivity contribution in [1.82, 2.24) is 9.55 Å². The minimum absolute atomic E-state index is 0. The molecule has 0 unspecified atom stereocenters. The number of aromatic nitrogens is 2. The summed E-state index contributed by atoms with van der Waals surface area (Å²) in [5.41, 5.74) is 0.992. The van der Waals surface area contributed by atoms with Gasteiger partial charge in [-0.2, -0.15) is 0 Å². The van der Waals surface area contributed by atoms with Crippen molar-refractivity contribution >= 4 is 18.4 Å². The van der Waals surface area contributed by atoms with Crippen molar-refractivity contribution < 1.29 is 14.6 Å². The molecule has 18 heavy (non-hydrogen) atoms. The maximum absolute atomic E-state index is 10.9. The maximum Gasteiger partial charge on any atom is 0.372 e. The van der Waals surface area contributed by atoms with E-state index in [-0.39, 0.29) is 18.2 Å². The molecule has 0 saturated carbocycles. The van der Waals surface area contributed by atoms with Crippen molar-refractivity contribution in [3.05, 3.63) is 48.0 Å². The van der Waals surface area contributed by atoms with Crippen molar-refractivity contribution in [2.45, 2.75) is 6.54 Å². The SMILES string of the molecule is COc1ccc(Cn2ccnc2C(=O)O)cc1.Cl. The van der Waals surface area contributed by atoms with Gasteiger partial charge >= 0.3 is 5.97 Å². The fraction of sp³-hybridized carbons (Fsp3) is 0.167. The molecule has 0 radical (unpaired) electrons. The number of hydrogen-bond donors (Lipinski definition) is 1. The predicted octanol–water partition coefficient (Wildman–Crippen LogP) is 2.06. The molecule has 0 amide bonds. The highest BCUT2D eigenvalue weighted by Crippen LogP contribution is 2.13. The molecule has 5 nitrogen and oxygen atoms in total. The van der Waals surface area contributed by atoms with Crippen LogP contribution in [0.1, 0.15) is 16.2 Å². The van der Waals surface area contributed by atoms with Crippen LogP contribution in [0.2, 0.25) is 0 Å². The third kappa shape index (κ3) is 3.01. The first-order chi connectivity index (χ1) is 8.20. The van der Waals surface area contributed by atoms with Crippen LogP contribution in [-0.2, 0) is 6.54 Å². The summed E-state index contributed by atoms with van der Waals surface area (Å²) in [5.74, 6) is -0.206. The van der Waals surface area contributed by atoms with Gasteiger partial charge in [0.15, 0.2) is 0 Å². The Morgan fingerprint density at radius 2 is 2.06 bits per heavy atom. The van der Waals surface area contributed by atoms with Gasteiger partial charge < -0.3 is 14.4 Å². The molecule has 0 saturated heterocycles. The monoisotopic (exact) mass is 268 g/mol. The predicted molar refractivity (Wildman–Crippen MR) is 68.5 cm³/mol. The van der Waals surface area contributed by atoms with Crippen LogP contribution in [-0.4, -0.2) is 27.7 Å². The molecule has 1 aromatic heterocycles. The van der Waals surface area contributed by atoms with Gasteiger partial charge in [-0.3, -0.25) is 0 Å². The Morgan fingerprint density at radius 3 is 2.61 bits per heavy atom. The molecular weight excluding hydrogens is 256 g/mol. The van der Waals surface area contributed by atoms with Crippen LogP contribution in [0.15, 0.2) is 36.7 Å². The highest BCUT2D eigenvalue weighted by atomic mass is 35.5. The summed E-state index contributed by atoms with van der Waals surface area (Å²) >= 11 is 0. The molecule has 2 aromatic rings. The second-order valence-electron chi connectivity index (χ2n) is 3.53. The minimum atomic E-state index is -1.02. The Balaban J connectivity index is 0.00000162. The van der Waals surface area contributed by atoms with E-state index in [1.165, 1.54) is 6.20 Å². The molecule has 0 aliphatic carbocycles. The molecule has 0 atom stereocenters. The van der Waals surface area contributed by atoms with Gasteiger partial charge in [0, 0.05) is 18.9 Å². The van der Waals surface area contributed by atoms with Crippen LogP contribution < -0.4 is 4.74 Å². The normalized spacial score (nSPS) is 9.61. The van der Waals surface area contributed by atoms with E-state index in [0.717, 1.165) is 11.3 Å². The van der Waals surface area contributed by atoms with E-state index in [1.54, 1.807) is 17.9 Å². The lowest BCUT2D eigenvalue weighted by Gasteiger charge is -2.06. The number of ether oxygens (including phenoxy) is 1. The van der Waals surface area contributed by atoms with E-state index >= 15 is 0 Å². The third-order valence-electron chi connectivity index (χ3n) is 2.42. The highest BCUT2D eigenvalue weighted by molar-refractivity contribution is 5.85. The number of rotatable bonds is 4. The fourth-order valence-corrected chi connectivity index (χ4v) is 1.56. The summed E-state index contributed by atoms with van der Waals surface area (Å²) in [5, 5.41) is 8.91. The Labute approximate surface area is 110 Å². The molecule has 96 valence electrons. The number of aromatic carboxylic acids is 1. The molecule has 1 N–H and O–H groups in total. The maximum atomic E-state index is 10.9. The lowest BCUT2D eigenvalue weighted by atomic mass is 10.2. The summed E-state index contributed by atoms with van der Waals surface area (Å²) < 4.78 is 6.64. The van der Waals surface area contributed by atoms with Crippen LogP contribution in [0.25, 0.3) is 0 Å². The van der Waals surface area contributed by atoms with E-state index in [4.69, 9.17) is 9.84 Å². The van der Waals surface area contributed by atoms with Crippen molar-refractivity contribution in [1.29, 1.82) is 0 Å². The smallest absolute Gasteiger partial charge is 0.372 e. The Bertz CT molecular complexity index is 522. The number of methoxy groups -OCH3 is 1. The molecule has 2 rings (SSSR count). The second kappa shape index (κ2) is 6.07. The quantitative estimate of drug-likeness (QED) is 0.922. The van der Waals surface area contributed by atoms with Crippen LogP contribution >= 0.6 is 12.4 Å². The summed E-state index contributed by atoms with van der Waals surface area (Å²) in [6, 6.07) is 7.47. The molecule has 6 heteroatoms. The summed E-state index contributed by atoms with van der Waals surface area (Å²) in [6.07, 6.45) is 3.13. The fourth-order valence-electron chi connectivity index (χ4n) is 1.56. The minimum Gasteiger partial charge on any atom is -0.497 e. The number of hydrogen-bond acceptors (Lipinski definition) is 3. The number of carboxylic acids is 1. The Hall–Kier alpha value is -2.01. The molecule has 0 aliphatic heterocycles. The lowest BCUT2D eigenvalue weighted by Crippen LogP contribution is -2.09. The van der Waals surface area contributed by atoms with E-state index in [1.807, 2.05) is 24.3 Å². The summed E-state index contributed by atoms with van der Waals surface area (Å²) in [6.45, 7) is 0.478. The number of halogens is 1. The van der Waals surface area contributed by atoms with E-state index in [2.05, 4.69) is 4.98 Å². The zero-order valence-corrected chi connectivity index (χ0v) is 10.6. The van der Waals surface area contributed by atoms with Crippen LogP contribution in [0.5, 0.6) is 5.75 Å². The third-order valence-corrected chi connectivity index (χ3v) is 2.42. The average Bonchev–Trinajstić information content (AvgIpc) is 2.78. The largest absolute Gasteiger partial charge is 0.497 e. The number of carboxylic acid groups (broad SMARTS) is 1. The van der Waals surface area contributed by atoms with E-state index < -0.39 is 5.97 Å². The standard InChI is InChI=1S/C12H12N2O3.ClH/c1-17-10-4-2-9(3-5-10)8-14-7-6-13-11(14)12(15)16;/h2-7H,8H2,1H3,(H,15,16);1H. The van der Waals surface area contributed by atoms with Crippen molar-refractivity contribution in [3.8, 4) is 5.75 Å². The van der Waals surface area contributed by atoms with Crippen LogP contribution in [0.3, 0.4) is 0 Å². The molecule has 0 spiro atoms. The van der Waals surface area contributed by atoms with E-state index in [0.29, 0.717) is 6.54 Å². The molecular formula is C12H13ClN2O3. The summed E-state index contributed by atoms with van der Waals surface area (Å²) in [7, 11) is 1.60. The van der Waals surface area contributed by atoms with Gasteiger partial charge in [-0.05, 0) is 17.7 Å². The van der Waals surface area contributed by atoms with Crippen molar-refractivity contribution in [2.24, 2.45) is 0 Å². The van der Waals surface area contributed by atoms with Gasteiger partial charge in [0.05, 0.1) is 7.11 Å². The molecule has 1 aromatic carbocycles. The topological polar surface area (TPSA) is 64.4 Å². The van der Waals surface area contributed by atoms with Crippen LogP contribution in [0.4, 0.5) is 0 Å². The van der Waals surface area contributed by atoms with Crippen molar-refractivity contribution in [2.75, 3.05) is 7.11 Å². The van der Waals surface area contributed by atoms with Crippen molar-refractivity contribution in [3.63, 3.8) is 0 Å². The molecule has 0 bridgehead atoms. The Morgan fingerprint density at radius 1 is 1.39 bits per heavy atom. The zero-order valence-electron chi connectivity index (χ0n) is 9.74. The highest BCUT2D eigenvalue weighted by Gasteiger charge is 2.10. The number of nitrogens with zero attached hydrogens (tertiary/aromatic N) is 2. The summed E-state index contributed by atoms with van der Waals surface area (Å²) in [4.78, 5) is 14.7. The van der Waals surface area contributed by atoms with Gasteiger partial charge in [-0.25, -0.2) is 9.78 Å². The number of carbonyl (C=O) groups is 1. The number of benzene rings is 1. The first kappa shape index (κ1) is 14.1. The van der Waals surface area contributed by atoms with Gasteiger partial charge in [-0.1, -0.05) is 12.1 Å². The zero-order chi connectivity index (χ0) is 12.3. The molecule has 0 aliphatic rings. The first-order valence-electron chi connectivity index (χ1n) is 5.08. The number of imidazole rings is 1.